The standard InChI is InChI=1S/C14H12FNO4/c1-20-11-6-2-4-9(13(11)15)8-16-10(14(18)19)5-3-7-12(16)17/h2-7H,8H2,1H3,(H,18,19). The molecule has 1 aromatic carbocycles. The number of carboxylic acids is 1. The fourth-order valence-electron chi connectivity index (χ4n) is 1.88. The molecule has 0 aliphatic heterocycles. The van der Waals surface area contributed by atoms with Crippen molar-refractivity contribution in [2.45, 2.75) is 6.54 Å². The summed E-state index contributed by atoms with van der Waals surface area (Å²) in [7, 11) is 1.33. The van der Waals surface area contributed by atoms with Gasteiger partial charge in [-0.1, -0.05) is 18.2 Å². The molecule has 0 unspecified atom stereocenters. The van der Waals surface area contributed by atoms with Crippen LogP contribution in [0.2, 0.25) is 0 Å². The molecule has 1 heterocycles. The highest BCUT2D eigenvalue weighted by Gasteiger charge is 2.14. The molecule has 6 heteroatoms. The predicted molar refractivity (Wildman–Crippen MR) is 69.7 cm³/mol. The third kappa shape index (κ3) is 2.54. The molecule has 1 aromatic heterocycles. The van der Waals surface area contributed by atoms with E-state index in [4.69, 9.17) is 9.84 Å². The Labute approximate surface area is 113 Å². The van der Waals surface area contributed by atoms with Gasteiger partial charge in [0.15, 0.2) is 11.6 Å². The maximum Gasteiger partial charge on any atom is 0.352 e. The summed E-state index contributed by atoms with van der Waals surface area (Å²) in [6.45, 7) is -0.176. The Morgan fingerprint density at radius 1 is 1.30 bits per heavy atom. The summed E-state index contributed by atoms with van der Waals surface area (Å²) < 4.78 is 19.9. The van der Waals surface area contributed by atoms with Gasteiger partial charge >= 0.3 is 5.97 Å². The first kappa shape index (κ1) is 13.8. The first-order chi connectivity index (χ1) is 9.54. The van der Waals surface area contributed by atoms with Crippen LogP contribution in [-0.4, -0.2) is 22.8 Å². The number of aromatic carboxylic acids is 1. The number of carboxylic acid groups (broad SMARTS) is 1. The van der Waals surface area contributed by atoms with Crippen LogP contribution >= 0.6 is 0 Å². The number of aromatic nitrogens is 1. The van der Waals surface area contributed by atoms with Crippen LogP contribution in [0.1, 0.15) is 16.1 Å². The molecular weight excluding hydrogens is 265 g/mol. The van der Waals surface area contributed by atoms with E-state index in [0.29, 0.717) is 0 Å². The Bertz CT molecular complexity index is 709. The summed E-state index contributed by atoms with van der Waals surface area (Å²) in [5.41, 5.74) is -0.521. The van der Waals surface area contributed by atoms with Crippen molar-refractivity contribution in [2.75, 3.05) is 7.11 Å². The Kier molecular flexibility index (Phi) is 3.84. The lowest BCUT2D eigenvalue weighted by molar-refractivity contribution is 0.0684. The van der Waals surface area contributed by atoms with Crippen LogP contribution < -0.4 is 10.3 Å². The van der Waals surface area contributed by atoms with Gasteiger partial charge in [-0.3, -0.25) is 9.36 Å². The van der Waals surface area contributed by atoms with Crippen molar-refractivity contribution in [2.24, 2.45) is 0 Å². The van der Waals surface area contributed by atoms with Gasteiger partial charge in [-0.05, 0) is 12.1 Å². The van der Waals surface area contributed by atoms with E-state index in [9.17, 15) is 14.0 Å². The van der Waals surface area contributed by atoms with Gasteiger partial charge in [0.2, 0.25) is 0 Å². The highest BCUT2D eigenvalue weighted by Crippen LogP contribution is 2.20. The Hall–Kier alpha value is -2.63. The third-order valence-corrected chi connectivity index (χ3v) is 2.86. The Morgan fingerprint density at radius 3 is 2.65 bits per heavy atom. The van der Waals surface area contributed by atoms with Gasteiger partial charge < -0.3 is 9.84 Å². The van der Waals surface area contributed by atoms with Crippen molar-refractivity contribution < 1.29 is 19.0 Å². The van der Waals surface area contributed by atoms with Crippen LogP contribution in [0.15, 0.2) is 41.2 Å². The summed E-state index contributed by atoms with van der Waals surface area (Å²) in [6.07, 6.45) is 0. The molecule has 0 bridgehead atoms. The van der Waals surface area contributed by atoms with Crippen molar-refractivity contribution >= 4 is 5.97 Å². The molecule has 1 N–H and O–H groups in total. The molecule has 2 aromatic rings. The van der Waals surface area contributed by atoms with Gasteiger partial charge in [0.25, 0.3) is 5.56 Å². The fraction of sp³-hybridized carbons (Fsp3) is 0.143. The van der Waals surface area contributed by atoms with E-state index < -0.39 is 17.3 Å². The van der Waals surface area contributed by atoms with Crippen molar-refractivity contribution in [1.82, 2.24) is 4.57 Å². The van der Waals surface area contributed by atoms with E-state index in [0.717, 1.165) is 4.57 Å². The minimum Gasteiger partial charge on any atom is -0.494 e. The maximum absolute atomic E-state index is 14.0. The third-order valence-electron chi connectivity index (χ3n) is 2.86. The van der Waals surface area contributed by atoms with Gasteiger partial charge in [-0.15, -0.1) is 0 Å². The number of ether oxygens (including phenoxy) is 1. The van der Waals surface area contributed by atoms with Crippen LogP contribution in [0.25, 0.3) is 0 Å². The second-order valence-electron chi connectivity index (χ2n) is 4.07. The first-order valence-corrected chi connectivity index (χ1v) is 5.79. The summed E-state index contributed by atoms with van der Waals surface area (Å²) in [4.78, 5) is 22.9. The van der Waals surface area contributed by atoms with Gasteiger partial charge in [-0.2, -0.15) is 0 Å². The monoisotopic (exact) mass is 277 g/mol. The van der Waals surface area contributed by atoms with Crippen LogP contribution in [0.4, 0.5) is 4.39 Å². The molecule has 5 nitrogen and oxygen atoms in total. The van der Waals surface area contributed by atoms with E-state index in [1.165, 1.54) is 37.4 Å². The number of pyridine rings is 1. The molecule has 0 amide bonds. The molecule has 0 aliphatic carbocycles. The molecule has 0 saturated carbocycles. The SMILES string of the molecule is COc1cccc(Cn2c(C(=O)O)cccc2=O)c1F. The molecule has 0 fully saturated rings. The van der Waals surface area contributed by atoms with E-state index in [-0.39, 0.29) is 23.6 Å². The minimum atomic E-state index is -1.24. The van der Waals surface area contributed by atoms with Crippen molar-refractivity contribution in [3.8, 4) is 5.75 Å². The molecule has 20 heavy (non-hydrogen) atoms. The number of carbonyl (C=O) groups is 1. The highest BCUT2D eigenvalue weighted by atomic mass is 19.1. The zero-order valence-corrected chi connectivity index (χ0v) is 10.7. The number of hydrogen-bond donors (Lipinski definition) is 1. The second kappa shape index (κ2) is 5.56. The normalized spacial score (nSPS) is 10.3. The smallest absolute Gasteiger partial charge is 0.352 e. The zero-order valence-electron chi connectivity index (χ0n) is 10.7. The molecule has 0 atom stereocenters. The maximum atomic E-state index is 14.0. The largest absolute Gasteiger partial charge is 0.494 e. The van der Waals surface area contributed by atoms with Crippen LogP contribution in [-0.2, 0) is 6.54 Å². The predicted octanol–water partition coefficient (Wildman–Crippen LogP) is 1.74. The van der Waals surface area contributed by atoms with E-state index in [1.807, 2.05) is 0 Å². The topological polar surface area (TPSA) is 68.5 Å². The number of halogens is 1. The molecule has 2 rings (SSSR count). The lowest BCUT2D eigenvalue weighted by Gasteiger charge is -2.11. The van der Waals surface area contributed by atoms with E-state index >= 15 is 0 Å². The Morgan fingerprint density at radius 2 is 2.00 bits per heavy atom. The zero-order chi connectivity index (χ0) is 14.7. The summed E-state index contributed by atoms with van der Waals surface area (Å²) >= 11 is 0. The molecular formula is C14H12FNO4. The van der Waals surface area contributed by atoms with Crippen LogP contribution in [0.5, 0.6) is 5.75 Å². The van der Waals surface area contributed by atoms with E-state index in [2.05, 4.69) is 0 Å². The van der Waals surface area contributed by atoms with Gasteiger partial charge in [0.05, 0.1) is 13.7 Å². The highest BCUT2D eigenvalue weighted by molar-refractivity contribution is 5.85. The van der Waals surface area contributed by atoms with Crippen LogP contribution in [0, 0.1) is 5.82 Å². The van der Waals surface area contributed by atoms with E-state index in [1.54, 1.807) is 6.07 Å². The molecule has 0 saturated heterocycles. The summed E-state index contributed by atoms with van der Waals surface area (Å²) in [5.74, 6) is -1.81. The second-order valence-corrected chi connectivity index (χ2v) is 4.07. The minimum absolute atomic E-state index is 0.0448. The quantitative estimate of drug-likeness (QED) is 0.924. The number of methoxy groups -OCH3 is 1. The van der Waals surface area contributed by atoms with Crippen molar-refractivity contribution in [1.29, 1.82) is 0 Å². The molecule has 0 aliphatic rings. The lowest BCUT2D eigenvalue weighted by atomic mass is 10.2. The number of rotatable bonds is 4. The summed E-state index contributed by atoms with van der Waals surface area (Å²) in [6, 6.07) is 8.37. The number of hydrogen-bond acceptors (Lipinski definition) is 3. The van der Waals surface area contributed by atoms with Crippen LogP contribution in [0.3, 0.4) is 0 Å². The molecule has 0 spiro atoms. The average Bonchev–Trinajstić information content (AvgIpc) is 2.42. The number of nitrogens with zero attached hydrogens (tertiary/aromatic N) is 1. The number of benzene rings is 1. The average molecular weight is 277 g/mol. The van der Waals surface area contributed by atoms with Crippen molar-refractivity contribution in [3.63, 3.8) is 0 Å². The Balaban J connectivity index is 2.51. The van der Waals surface area contributed by atoms with Gasteiger partial charge in [0.1, 0.15) is 5.69 Å². The van der Waals surface area contributed by atoms with Crippen molar-refractivity contribution in [3.05, 3.63) is 63.8 Å². The summed E-state index contributed by atoms with van der Waals surface area (Å²) in [5, 5.41) is 9.06. The first-order valence-electron chi connectivity index (χ1n) is 5.79. The lowest BCUT2D eigenvalue weighted by Crippen LogP contribution is -2.25. The molecule has 0 radical (unpaired) electrons. The van der Waals surface area contributed by atoms with Gasteiger partial charge in [0, 0.05) is 11.6 Å². The van der Waals surface area contributed by atoms with Gasteiger partial charge in [-0.25, -0.2) is 9.18 Å². The fourth-order valence-corrected chi connectivity index (χ4v) is 1.88. The molecule has 104 valence electrons.